The number of anilines is 1. The molecule has 2 aromatic carbocycles. The van der Waals surface area contributed by atoms with Gasteiger partial charge in [0.05, 0.1) is 13.2 Å². The third-order valence-electron chi connectivity index (χ3n) is 7.37. The number of hydrogen-bond donors (Lipinski definition) is 3. The summed E-state index contributed by atoms with van der Waals surface area (Å²) in [5, 5.41) is 8.95. The van der Waals surface area contributed by atoms with E-state index in [1.54, 1.807) is 18.4 Å². The van der Waals surface area contributed by atoms with Gasteiger partial charge in [0.25, 0.3) is 0 Å². The van der Waals surface area contributed by atoms with Gasteiger partial charge in [-0.05, 0) is 60.7 Å². The molecule has 3 N–H and O–H groups in total. The molecule has 5 rings (SSSR count). The molecule has 3 heterocycles. The number of H-pyrrole nitrogens is 1. The summed E-state index contributed by atoms with van der Waals surface area (Å²) < 4.78 is 5.29. The first-order valence-corrected chi connectivity index (χ1v) is 14.2. The molecule has 1 aliphatic heterocycles. The number of carbonyl (C=O) groups is 2. The van der Waals surface area contributed by atoms with Crippen LogP contribution in [0.3, 0.4) is 0 Å². The zero-order chi connectivity index (χ0) is 27.2. The fourth-order valence-corrected chi connectivity index (χ4v) is 6.30. The van der Waals surface area contributed by atoms with Gasteiger partial charge in [-0.2, -0.15) is 0 Å². The van der Waals surface area contributed by atoms with Crippen LogP contribution in [0.25, 0.3) is 10.9 Å². The number of nitrogens with one attached hydrogen (secondary N) is 3. The summed E-state index contributed by atoms with van der Waals surface area (Å²) in [6.07, 6.45) is 2.61. The van der Waals surface area contributed by atoms with Gasteiger partial charge in [0.2, 0.25) is 0 Å². The van der Waals surface area contributed by atoms with Crippen LogP contribution in [0, 0.1) is 0 Å². The standard InChI is InChI=1S/C30H35N5O3S/c1-21(33-30(37)29(36)31-14-13-22-20-32-26-7-4-3-6-25(22)26)28(27-8-5-19-39-27)35-17-15-34(16-18-35)23-9-11-24(38-2)12-10-23/h3-12,19-21,28,32H,13-18H2,1-2H3,(H,31,36)(H,33,37)/t21-,28+/m1/s1. The van der Waals surface area contributed by atoms with E-state index < -0.39 is 11.8 Å². The van der Waals surface area contributed by atoms with Crippen LogP contribution in [0.5, 0.6) is 5.75 Å². The maximum Gasteiger partial charge on any atom is 0.309 e. The second-order valence-corrected chi connectivity index (χ2v) is 10.8. The Morgan fingerprint density at radius 2 is 1.77 bits per heavy atom. The lowest BCUT2D eigenvalue weighted by molar-refractivity contribution is -0.139. The number of piperazine rings is 1. The van der Waals surface area contributed by atoms with Crippen LogP contribution in [0.4, 0.5) is 5.69 Å². The largest absolute Gasteiger partial charge is 0.497 e. The number of nitrogens with zero attached hydrogens (tertiary/aromatic N) is 2. The van der Waals surface area contributed by atoms with Crippen molar-refractivity contribution in [1.29, 1.82) is 0 Å². The van der Waals surface area contributed by atoms with Crippen molar-refractivity contribution in [2.45, 2.75) is 25.4 Å². The fourth-order valence-electron chi connectivity index (χ4n) is 5.33. The Morgan fingerprint density at radius 3 is 2.49 bits per heavy atom. The van der Waals surface area contributed by atoms with Crippen LogP contribution in [-0.2, 0) is 16.0 Å². The van der Waals surface area contributed by atoms with Crippen molar-refractivity contribution in [3.63, 3.8) is 0 Å². The first-order valence-electron chi connectivity index (χ1n) is 13.3. The van der Waals surface area contributed by atoms with Gasteiger partial charge in [0.15, 0.2) is 0 Å². The van der Waals surface area contributed by atoms with Crippen LogP contribution in [-0.4, -0.2) is 67.6 Å². The van der Waals surface area contributed by atoms with Gasteiger partial charge < -0.3 is 25.3 Å². The fraction of sp³-hybridized carbons (Fsp3) is 0.333. The van der Waals surface area contributed by atoms with Gasteiger partial charge in [-0.15, -0.1) is 11.3 Å². The van der Waals surface area contributed by atoms with Crippen molar-refractivity contribution in [2.75, 3.05) is 44.7 Å². The summed E-state index contributed by atoms with van der Waals surface area (Å²) in [6, 6.07) is 20.1. The zero-order valence-electron chi connectivity index (χ0n) is 22.4. The van der Waals surface area contributed by atoms with Crippen LogP contribution in [0.1, 0.15) is 23.4 Å². The third kappa shape index (κ3) is 6.26. The Labute approximate surface area is 233 Å². The van der Waals surface area contributed by atoms with Crippen LogP contribution < -0.4 is 20.3 Å². The first kappa shape index (κ1) is 26.8. The van der Waals surface area contributed by atoms with Gasteiger partial charge >= 0.3 is 11.8 Å². The number of hydrogen-bond acceptors (Lipinski definition) is 6. The lowest BCUT2D eigenvalue weighted by Crippen LogP contribution is -2.53. The average Bonchev–Trinajstić information content (AvgIpc) is 3.64. The van der Waals surface area contributed by atoms with Crippen molar-refractivity contribution in [2.24, 2.45) is 0 Å². The van der Waals surface area contributed by atoms with E-state index in [0.717, 1.165) is 48.4 Å². The molecular formula is C30H35N5O3S. The van der Waals surface area contributed by atoms with Crippen molar-refractivity contribution >= 4 is 39.7 Å². The van der Waals surface area contributed by atoms with Crippen LogP contribution in [0.2, 0.25) is 0 Å². The highest BCUT2D eigenvalue weighted by Gasteiger charge is 2.32. The van der Waals surface area contributed by atoms with Crippen LogP contribution in [0.15, 0.2) is 72.2 Å². The van der Waals surface area contributed by atoms with Crippen LogP contribution >= 0.6 is 11.3 Å². The molecule has 0 radical (unpaired) electrons. The molecule has 0 spiro atoms. The Kier molecular flexibility index (Phi) is 8.48. The van der Waals surface area contributed by atoms with E-state index in [-0.39, 0.29) is 12.1 Å². The molecule has 39 heavy (non-hydrogen) atoms. The Balaban J connectivity index is 1.16. The summed E-state index contributed by atoms with van der Waals surface area (Å²) >= 11 is 1.68. The lowest BCUT2D eigenvalue weighted by Gasteiger charge is -2.42. The number of para-hydroxylation sites is 1. The van der Waals surface area contributed by atoms with Crippen molar-refractivity contribution < 1.29 is 14.3 Å². The maximum absolute atomic E-state index is 12.8. The second kappa shape index (κ2) is 12.4. The number of amides is 2. The molecule has 1 saturated heterocycles. The van der Waals surface area contributed by atoms with Gasteiger partial charge in [0.1, 0.15) is 5.75 Å². The number of aromatic amines is 1. The number of benzene rings is 2. The van der Waals surface area contributed by atoms with E-state index >= 15 is 0 Å². The molecule has 8 nitrogen and oxygen atoms in total. The molecule has 2 amide bonds. The first-order chi connectivity index (χ1) is 19.0. The maximum atomic E-state index is 12.8. The zero-order valence-corrected chi connectivity index (χ0v) is 23.2. The number of aromatic nitrogens is 1. The van der Waals surface area contributed by atoms with Crippen molar-refractivity contribution in [3.8, 4) is 5.75 Å². The molecule has 0 aliphatic carbocycles. The molecule has 0 bridgehead atoms. The highest BCUT2D eigenvalue weighted by molar-refractivity contribution is 7.10. The summed E-state index contributed by atoms with van der Waals surface area (Å²) in [5.41, 5.74) is 3.36. The van der Waals surface area contributed by atoms with Gasteiger partial charge in [-0.25, -0.2) is 0 Å². The van der Waals surface area contributed by atoms with Gasteiger partial charge in [-0.1, -0.05) is 24.3 Å². The number of methoxy groups -OCH3 is 1. The van der Waals surface area contributed by atoms with Crippen molar-refractivity contribution in [3.05, 3.63) is 82.7 Å². The molecule has 9 heteroatoms. The van der Waals surface area contributed by atoms with Crippen molar-refractivity contribution in [1.82, 2.24) is 20.5 Å². The molecule has 0 saturated carbocycles. The molecular weight excluding hydrogens is 510 g/mol. The Morgan fingerprint density at radius 1 is 1.00 bits per heavy atom. The average molecular weight is 546 g/mol. The van der Waals surface area contributed by atoms with E-state index in [4.69, 9.17) is 4.74 Å². The predicted octanol–water partition coefficient (Wildman–Crippen LogP) is 3.96. The molecule has 1 aliphatic rings. The lowest BCUT2D eigenvalue weighted by atomic mass is 10.0. The molecule has 1 fully saturated rings. The highest BCUT2D eigenvalue weighted by Crippen LogP contribution is 2.30. The number of ether oxygens (including phenoxy) is 1. The number of thiophene rings is 1. The second-order valence-electron chi connectivity index (χ2n) is 9.81. The SMILES string of the molecule is COc1ccc(N2CCN([C@H](c3cccs3)[C@@H](C)NC(=O)C(=O)NCCc3c[nH]c4ccccc34)CC2)cc1. The van der Waals surface area contributed by atoms with E-state index in [1.165, 1.54) is 10.6 Å². The third-order valence-corrected chi connectivity index (χ3v) is 8.32. The highest BCUT2D eigenvalue weighted by atomic mass is 32.1. The number of carbonyl (C=O) groups excluding carboxylic acids is 2. The Hall–Kier alpha value is -3.82. The molecule has 2 aromatic heterocycles. The monoisotopic (exact) mass is 545 g/mol. The Bertz CT molecular complexity index is 1380. The molecule has 2 atom stereocenters. The van der Waals surface area contributed by atoms with Gasteiger partial charge in [0, 0.05) is 66.4 Å². The minimum Gasteiger partial charge on any atom is -0.497 e. The van der Waals surface area contributed by atoms with E-state index in [0.29, 0.717) is 13.0 Å². The van der Waals surface area contributed by atoms with E-state index in [2.05, 4.69) is 55.1 Å². The number of fused-ring (bicyclic) bond motifs is 1. The summed E-state index contributed by atoms with van der Waals surface area (Å²) in [5.74, 6) is -0.350. The van der Waals surface area contributed by atoms with Gasteiger partial charge in [-0.3, -0.25) is 14.5 Å². The summed E-state index contributed by atoms with van der Waals surface area (Å²) in [7, 11) is 1.67. The van der Waals surface area contributed by atoms with E-state index in [1.807, 2.05) is 49.5 Å². The topological polar surface area (TPSA) is 89.7 Å². The summed E-state index contributed by atoms with van der Waals surface area (Å²) in [4.78, 5) is 34.7. The molecule has 4 aromatic rings. The predicted molar refractivity (Wildman–Crippen MR) is 156 cm³/mol. The quantitative estimate of drug-likeness (QED) is 0.277. The smallest absolute Gasteiger partial charge is 0.309 e. The number of rotatable bonds is 9. The molecule has 0 unspecified atom stereocenters. The summed E-state index contributed by atoms with van der Waals surface area (Å²) in [6.45, 7) is 5.84. The molecule has 204 valence electrons. The normalized spacial score (nSPS) is 15.6. The minimum absolute atomic E-state index is 0.00834. The minimum atomic E-state index is -0.601. The van der Waals surface area contributed by atoms with E-state index in [9.17, 15) is 9.59 Å².